The minimum atomic E-state index is -0.869. The minimum Gasteiger partial charge on any atom is -0.478 e. The van der Waals surface area contributed by atoms with Crippen molar-refractivity contribution in [3.63, 3.8) is 0 Å². The van der Waals surface area contributed by atoms with E-state index in [2.05, 4.69) is 41.7 Å². The number of allylic oxidation sites excluding steroid dienone is 2. The summed E-state index contributed by atoms with van der Waals surface area (Å²) in [5.74, 6) is -0.133. The molecule has 2 N–H and O–H groups in total. The van der Waals surface area contributed by atoms with Gasteiger partial charge in [-0.2, -0.15) is 0 Å². The normalized spacial score (nSPS) is 25.2. The van der Waals surface area contributed by atoms with Gasteiger partial charge in [-0.3, -0.25) is 0 Å². The summed E-state index contributed by atoms with van der Waals surface area (Å²) < 4.78 is 0. The van der Waals surface area contributed by atoms with E-state index in [0.717, 1.165) is 17.7 Å². The molecule has 0 radical (unpaired) electrons. The molecular weight excluding hydrogens is 274 g/mol. The van der Waals surface area contributed by atoms with Crippen LogP contribution in [0.3, 0.4) is 0 Å². The molecule has 1 aliphatic heterocycles. The lowest BCUT2D eigenvalue weighted by Gasteiger charge is -2.37. The van der Waals surface area contributed by atoms with E-state index in [1.807, 2.05) is 18.2 Å². The monoisotopic (exact) mass is 291 g/mol. The molecule has 2 aliphatic rings. The second kappa shape index (κ2) is 5.02. The van der Waals surface area contributed by atoms with E-state index >= 15 is 0 Å². The van der Waals surface area contributed by atoms with Crippen molar-refractivity contribution in [2.24, 2.45) is 5.92 Å². The standard InChI is InChI=1S/C19H17NO2/c21-19(22)13-9-10-17-16(11-13)14-7-4-8-15(14)18(20-17)12-5-2-1-3-6-12/h1-7,9-11,14-15,18,20H,8H2,(H,21,22). The van der Waals surface area contributed by atoms with Crippen molar-refractivity contribution in [1.29, 1.82) is 0 Å². The Kier molecular flexibility index (Phi) is 3.00. The molecule has 3 atom stereocenters. The van der Waals surface area contributed by atoms with Crippen LogP contribution in [0.25, 0.3) is 0 Å². The zero-order chi connectivity index (χ0) is 15.1. The number of hydrogen-bond acceptors (Lipinski definition) is 2. The number of anilines is 1. The van der Waals surface area contributed by atoms with Crippen molar-refractivity contribution in [3.05, 3.63) is 77.4 Å². The summed E-state index contributed by atoms with van der Waals surface area (Å²) in [6.45, 7) is 0. The Morgan fingerprint density at radius 1 is 1.14 bits per heavy atom. The summed E-state index contributed by atoms with van der Waals surface area (Å²) in [5.41, 5.74) is 3.80. The Bertz CT molecular complexity index is 751. The van der Waals surface area contributed by atoms with Gasteiger partial charge in [-0.1, -0.05) is 42.5 Å². The number of carboxylic acids is 1. The molecule has 0 saturated carbocycles. The molecule has 3 nitrogen and oxygen atoms in total. The maximum absolute atomic E-state index is 11.2. The third kappa shape index (κ3) is 2.01. The molecule has 3 unspecified atom stereocenters. The van der Waals surface area contributed by atoms with E-state index in [1.54, 1.807) is 6.07 Å². The van der Waals surface area contributed by atoms with Crippen LogP contribution in [0.15, 0.2) is 60.7 Å². The average molecular weight is 291 g/mol. The molecule has 1 aliphatic carbocycles. The van der Waals surface area contributed by atoms with Crippen molar-refractivity contribution < 1.29 is 9.90 Å². The third-order valence-corrected chi connectivity index (χ3v) is 4.77. The minimum absolute atomic E-state index is 0.268. The molecule has 1 heterocycles. The lowest BCUT2D eigenvalue weighted by Crippen LogP contribution is -2.29. The van der Waals surface area contributed by atoms with Gasteiger partial charge in [0.25, 0.3) is 0 Å². The summed E-state index contributed by atoms with van der Waals surface area (Å²) in [7, 11) is 0. The highest BCUT2D eigenvalue weighted by Crippen LogP contribution is 2.49. The largest absolute Gasteiger partial charge is 0.478 e. The third-order valence-electron chi connectivity index (χ3n) is 4.77. The second-order valence-electron chi connectivity index (χ2n) is 5.99. The average Bonchev–Trinajstić information content (AvgIpc) is 3.04. The summed E-state index contributed by atoms with van der Waals surface area (Å²) >= 11 is 0. The SMILES string of the molecule is O=C(O)c1ccc2c(c1)C1C=CCC1C(c1ccccc1)N2. The number of benzene rings is 2. The van der Waals surface area contributed by atoms with Crippen molar-refractivity contribution in [2.75, 3.05) is 5.32 Å². The van der Waals surface area contributed by atoms with E-state index in [9.17, 15) is 9.90 Å². The van der Waals surface area contributed by atoms with Gasteiger partial charge in [0, 0.05) is 11.6 Å². The van der Waals surface area contributed by atoms with Crippen LogP contribution in [-0.2, 0) is 0 Å². The van der Waals surface area contributed by atoms with Crippen LogP contribution in [-0.4, -0.2) is 11.1 Å². The lowest BCUT2D eigenvalue weighted by atomic mass is 9.76. The van der Waals surface area contributed by atoms with Gasteiger partial charge in [-0.15, -0.1) is 0 Å². The first-order valence-corrected chi connectivity index (χ1v) is 7.59. The zero-order valence-electron chi connectivity index (χ0n) is 12.1. The maximum Gasteiger partial charge on any atom is 0.335 e. The van der Waals surface area contributed by atoms with Crippen LogP contribution in [0.1, 0.15) is 39.9 Å². The summed E-state index contributed by atoms with van der Waals surface area (Å²) in [4.78, 5) is 11.2. The number of carbonyl (C=O) groups is 1. The van der Waals surface area contributed by atoms with Crippen LogP contribution >= 0.6 is 0 Å². The number of rotatable bonds is 2. The highest BCUT2D eigenvalue weighted by molar-refractivity contribution is 5.89. The molecule has 110 valence electrons. The molecule has 0 fully saturated rings. The van der Waals surface area contributed by atoms with E-state index in [1.165, 1.54) is 5.56 Å². The van der Waals surface area contributed by atoms with Crippen molar-refractivity contribution in [3.8, 4) is 0 Å². The predicted molar refractivity (Wildman–Crippen MR) is 86.2 cm³/mol. The highest BCUT2D eigenvalue weighted by Gasteiger charge is 2.37. The van der Waals surface area contributed by atoms with Crippen molar-refractivity contribution in [1.82, 2.24) is 0 Å². The Morgan fingerprint density at radius 2 is 1.95 bits per heavy atom. The fourth-order valence-corrected chi connectivity index (χ4v) is 3.72. The Labute approximate surface area is 129 Å². The number of hydrogen-bond donors (Lipinski definition) is 2. The molecule has 0 aromatic heterocycles. The van der Waals surface area contributed by atoms with Gasteiger partial charge in [0.2, 0.25) is 0 Å². The Balaban J connectivity index is 1.79. The van der Waals surface area contributed by atoms with E-state index in [0.29, 0.717) is 17.4 Å². The Hall–Kier alpha value is -2.55. The van der Waals surface area contributed by atoms with Crippen molar-refractivity contribution >= 4 is 11.7 Å². The van der Waals surface area contributed by atoms with Crippen LogP contribution in [0, 0.1) is 5.92 Å². The van der Waals surface area contributed by atoms with Crippen LogP contribution in [0.5, 0.6) is 0 Å². The van der Waals surface area contributed by atoms with E-state index < -0.39 is 5.97 Å². The second-order valence-corrected chi connectivity index (χ2v) is 5.99. The smallest absolute Gasteiger partial charge is 0.335 e. The van der Waals surface area contributed by atoms with Gasteiger partial charge in [0.1, 0.15) is 0 Å². The summed E-state index contributed by atoms with van der Waals surface area (Å²) in [6, 6.07) is 16.1. The fraction of sp³-hybridized carbons (Fsp3) is 0.211. The van der Waals surface area contributed by atoms with Gasteiger partial charge in [0.15, 0.2) is 0 Å². The topological polar surface area (TPSA) is 49.3 Å². The summed E-state index contributed by atoms with van der Waals surface area (Å²) in [5, 5.41) is 12.8. The first-order valence-electron chi connectivity index (χ1n) is 7.59. The number of carboxylic acid groups (broad SMARTS) is 1. The number of aromatic carboxylic acids is 1. The highest BCUT2D eigenvalue weighted by atomic mass is 16.4. The molecular formula is C19H17NO2. The molecule has 2 aromatic rings. The molecule has 2 aromatic carbocycles. The molecule has 4 rings (SSSR count). The molecule has 22 heavy (non-hydrogen) atoms. The molecule has 3 heteroatoms. The summed E-state index contributed by atoms with van der Waals surface area (Å²) in [6.07, 6.45) is 5.47. The molecule has 0 spiro atoms. The van der Waals surface area contributed by atoms with Crippen LogP contribution < -0.4 is 5.32 Å². The van der Waals surface area contributed by atoms with E-state index in [4.69, 9.17) is 0 Å². The predicted octanol–water partition coefficient (Wildman–Crippen LogP) is 4.21. The van der Waals surface area contributed by atoms with Crippen LogP contribution in [0.2, 0.25) is 0 Å². The van der Waals surface area contributed by atoms with Crippen molar-refractivity contribution in [2.45, 2.75) is 18.4 Å². The van der Waals surface area contributed by atoms with Gasteiger partial charge in [-0.05, 0) is 41.7 Å². The van der Waals surface area contributed by atoms with Gasteiger partial charge < -0.3 is 10.4 Å². The first kappa shape index (κ1) is 13.1. The quantitative estimate of drug-likeness (QED) is 0.815. The molecule has 0 bridgehead atoms. The van der Waals surface area contributed by atoms with Gasteiger partial charge >= 0.3 is 5.97 Å². The van der Waals surface area contributed by atoms with E-state index in [-0.39, 0.29) is 6.04 Å². The number of fused-ring (bicyclic) bond motifs is 3. The zero-order valence-corrected chi connectivity index (χ0v) is 12.1. The van der Waals surface area contributed by atoms with Gasteiger partial charge in [-0.25, -0.2) is 4.79 Å². The number of nitrogens with one attached hydrogen (secondary N) is 1. The van der Waals surface area contributed by atoms with Crippen LogP contribution in [0.4, 0.5) is 5.69 Å². The lowest BCUT2D eigenvalue weighted by molar-refractivity contribution is 0.0696. The first-order chi connectivity index (χ1) is 10.7. The molecule has 0 amide bonds. The molecule has 0 saturated heterocycles. The fourth-order valence-electron chi connectivity index (χ4n) is 3.72. The van der Waals surface area contributed by atoms with Gasteiger partial charge in [0.05, 0.1) is 11.6 Å². The Morgan fingerprint density at radius 3 is 2.73 bits per heavy atom. The maximum atomic E-state index is 11.2.